The molecule has 2 heterocycles. The lowest BCUT2D eigenvalue weighted by molar-refractivity contribution is 0.102. The Bertz CT molecular complexity index is 1020. The summed E-state index contributed by atoms with van der Waals surface area (Å²) in [5.74, 6) is 1.22. The molecule has 0 aliphatic carbocycles. The number of hydrogen-bond acceptors (Lipinski definition) is 5. The molecule has 28 heavy (non-hydrogen) atoms. The van der Waals surface area contributed by atoms with Gasteiger partial charge in [0.05, 0.1) is 11.9 Å². The van der Waals surface area contributed by atoms with Gasteiger partial charge in [0.1, 0.15) is 5.69 Å². The van der Waals surface area contributed by atoms with Gasteiger partial charge in [0.25, 0.3) is 5.91 Å². The first-order valence-electron chi connectivity index (χ1n) is 9.16. The predicted octanol–water partition coefficient (Wildman–Crippen LogP) is 4.68. The molecule has 1 amide bonds. The summed E-state index contributed by atoms with van der Waals surface area (Å²) in [6, 6.07) is 15.2. The second-order valence-corrected chi connectivity index (χ2v) is 6.54. The van der Waals surface area contributed by atoms with E-state index in [2.05, 4.69) is 22.5 Å². The van der Waals surface area contributed by atoms with Crippen LogP contribution < -0.4 is 20.1 Å². The number of amides is 1. The maximum Gasteiger partial charge on any atom is 0.274 e. The Morgan fingerprint density at radius 1 is 1.07 bits per heavy atom. The number of pyridine rings is 1. The van der Waals surface area contributed by atoms with Gasteiger partial charge in [0.2, 0.25) is 6.79 Å². The normalized spacial score (nSPS) is 11.9. The van der Waals surface area contributed by atoms with Crippen molar-refractivity contribution >= 4 is 23.0 Å². The number of benzene rings is 2. The van der Waals surface area contributed by atoms with Gasteiger partial charge in [-0.3, -0.25) is 4.79 Å². The van der Waals surface area contributed by atoms with Gasteiger partial charge < -0.3 is 20.1 Å². The highest BCUT2D eigenvalue weighted by molar-refractivity contribution is 6.03. The minimum Gasteiger partial charge on any atom is -0.454 e. The lowest BCUT2D eigenvalue weighted by Gasteiger charge is -2.13. The van der Waals surface area contributed by atoms with Gasteiger partial charge in [-0.1, -0.05) is 25.1 Å². The Labute approximate surface area is 163 Å². The molecule has 0 bridgehead atoms. The number of nitrogens with zero attached hydrogens (tertiary/aromatic N) is 1. The number of anilines is 3. The second kappa shape index (κ2) is 7.60. The second-order valence-electron chi connectivity index (χ2n) is 6.54. The first kappa shape index (κ1) is 17.9. The number of ether oxygens (including phenoxy) is 2. The summed E-state index contributed by atoms with van der Waals surface area (Å²) in [7, 11) is 0. The van der Waals surface area contributed by atoms with Crippen LogP contribution in [0.25, 0.3) is 0 Å². The van der Waals surface area contributed by atoms with E-state index in [0.29, 0.717) is 11.4 Å². The molecule has 0 atom stereocenters. The molecule has 1 aliphatic heterocycles. The molecule has 1 aliphatic rings. The summed E-state index contributed by atoms with van der Waals surface area (Å²) in [4.78, 5) is 16.9. The van der Waals surface area contributed by atoms with Crippen LogP contribution in [0.15, 0.2) is 54.7 Å². The average Bonchev–Trinajstić information content (AvgIpc) is 3.18. The fraction of sp³-hybridized carbons (Fsp3) is 0.182. The van der Waals surface area contributed by atoms with E-state index in [-0.39, 0.29) is 12.7 Å². The molecule has 3 aromatic rings. The van der Waals surface area contributed by atoms with Crippen LogP contribution in [0.2, 0.25) is 0 Å². The summed E-state index contributed by atoms with van der Waals surface area (Å²) in [5, 5.41) is 6.24. The Kier molecular flexibility index (Phi) is 4.85. The Morgan fingerprint density at radius 3 is 2.68 bits per heavy atom. The minimum absolute atomic E-state index is 0.223. The summed E-state index contributed by atoms with van der Waals surface area (Å²) in [5.41, 5.74) is 5.00. The van der Waals surface area contributed by atoms with Crippen LogP contribution in [0.1, 0.15) is 28.5 Å². The Morgan fingerprint density at radius 2 is 1.89 bits per heavy atom. The number of aryl methyl sites for hydroxylation is 2. The number of carbonyl (C=O) groups is 1. The molecule has 142 valence electrons. The third-order valence-electron chi connectivity index (χ3n) is 4.64. The van der Waals surface area contributed by atoms with E-state index in [1.165, 1.54) is 0 Å². The van der Waals surface area contributed by atoms with Crippen molar-refractivity contribution < 1.29 is 14.3 Å². The number of carbonyl (C=O) groups excluding carboxylic acids is 1. The maximum absolute atomic E-state index is 12.6. The zero-order valence-corrected chi connectivity index (χ0v) is 15.8. The summed E-state index contributed by atoms with van der Waals surface area (Å²) in [6.07, 6.45) is 2.49. The lowest BCUT2D eigenvalue weighted by Crippen LogP contribution is -2.15. The van der Waals surface area contributed by atoms with E-state index in [4.69, 9.17) is 9.47 Å². The predicted molar refractivity (Wildman–Crippen MR) is 109 cm³/mol. The number of rotatable bonds is 5. The minimum atomic E-state index is -0.223. The molecule has 0 saturated carbocycles. The Balaban J connectivity index is 1.46. The lowest BCUT2D eigenvalue weighted by atomic mass is 10.1. The van der Waals surface area contributed by atoms with Gasteiger partial charge in [-0.2, -0.15) is 0 Å². The average molecular weight is 375 g/mol. The van der Waals surface area contributed by atoms with Crippen LogP contribution in [-0.2, 0) is 6.42 Å². The van der Waals surface area contributed by atoms with Gasteiger partial charge >= 0.3 is 0 Å². The van der Waals surface area contributed by atoms with Crippen molar-refractivity contribution in [3.63, 3.8) is 0 Å². The molecular formula is C22H21N3O3. The summed E-state index contributed by atoms with van der Waals surface area (Å²) >= 11 is 0. The van der Waals surface area contributed by atoms with Gasteiger partial charge in [-0.05, 0) is 48.7 Å². The molecule has 0 radical (unpaired) electrons. The van der Waals surface area contributed by atoms with E-state index in [1.54, 1.807) is 12.3 Å². The first-order valence-corrected chi connectivity index (χ1v) is 9.16. The van der Waals surface area contributed by atoms with Gasteiger partial charge in [0, 0.05) is 17.4 Å². The highest BCUT2D eigenvalue weighted by Crippen LogP contribution is 2.35. The molecule has 6 heteroatoms. The van der Waals surface area contributed by atoms with Crippen LogP contribution in [0.3, 0.4) is 0 Å². The molecule has 2 N–H and O–H groups in total. The van der Waals surface area contributed by atoms with Crippen LogP contribution in [-0.4, -0.2) is 17.7 Å². The number of para-hydroxylation sites is 1. The molecule has 4 rings (SSSR count). The first-order chi connectivity index (χ1) is 13.6. The largest absolute Gasteiger partial charge is 0.454 e. The summed E-state index contributed by atoms with van der Waals surface area (Å²) < 4.78 is 10.7. The number of fused-ring (bicyclic) bond motifs is 1. The smallest absolute Gasteiger partial charge is 0.274 e. The molecule has 0 saturated heterocycles. The fourth-order valence-electron chi connectivity index (χ4n) is 3.12. The Hall–Kier alpha value is -3.54. The third-order valence-corrected chi connectivity index (χ3v) is 4.64. The van der Waals surface area contributed by atoms with E-state index < -0.39 is 0 Å². The van der Waals surface area contributed by atoms with Crippen molar-refractivity contribution in [1.29, 1.82) is 0 Å². The van der Waals surface area contributed by atoms with Crippen molar-refractivity contribution in [2.75, 3.05) is 17.4 Å². The summed E-state index contributed by atoms with van der Waals surface area (Å²) in [6.45, 7) is 4.30. The van der Waals surface area contributed by atoms with Crippen molar-refractivity contribution in [3.05, 3.63) is 71.5 Å². The van der Waals surface area contributed by atoms with Crippen molar-refractivity contribution in [2.24, 2.45) is 0 Å². The fourth-order valence-corrected chi connectivity index (χ4v) is 3.12. The molecular weight excluding hydrogens is 354 g/mol. The zero-order valence-electron chi connectivity index (χ0n) is 15.8. The number of nitrogens with one attached hydrogen (secondary N) is 2. The van der Waals surface area contributed by atoms with Gasteiger partial charge in [-0.15, -0.1) is 0 Å². The van der Waals surface area contributed by atoms with Crippen molar-refractivity contribution in [3.8, 4) is 11.5 Å². The molecule has 0 spiro atoms. The molecule has 1 aromatic heterocycles. The zero-order chi connectivity index (χ0) is 19.5. The SMILES string of the molecule is CCc1cccc(C)c1NC(=O)c1ccc(Nc2ccc3c(c2)OCO3)cn1. The van der Waals surface area contributed by atoms with Gasteiger partial charge in [0.15, 0.2) is 11.5 Å². The maximum atomic E-state index is 12.6. The number of hydrogen-bond donors (Lipinski definition) is 2. The standard InChI is InChI=1S/C22H21N3O3/c1-3-15-6-4-5-14(2)21(15)25-22(26)18-9-7-17(12-23-18)24-16-8-10-19-20(11-16)28-13-27-19/h4-12,24H,3,13H2,1-2H3,(H,25,26). The van der Waals surface area contributed by atoms with E-state index in [9.17, 15) is 4.79 Å². The molecule has 6 nitrogen and oxygen atoms in total. The monoisotopic (exact) mass is 375 g/mol. The molecule has 0 unspecified atom stereocenters. The highest BCUT2D eigenvalue weighted by Gasteiger charge is 2.14. The third kappa shape index (κ3) is 3.62. The number of aromatic nitrogens is 1. The quantitative estimate of drug-likeness (QED) is 0.678. The van der Waals surface area contributed by atoms with E-state index >= 15 is 0 Å². The van der Waals surface area contributed by atoms with Crippen LogP contribution in [0.4, 0.5) is 17.1 Å². The highest BCUT2D eigenvalue weighted by atomic mass is 16.7. The van der Waals surface area contributed by atoms with Crippen LogP contribution in [0, 0.1) is 6.92 Å². The van der Waals surface area contributed by atoms with Crippen LogP contribution >= 0.6 is 0 Å². The van der Waals surface area contributed by atoms with E-state index in [0.717, 1.165) is 40.4 Å². The molecule has 0 fully saturated rings. The van der Waals surface area contributed by atoms with E-state index in [1.807, 2.05) is 49.4 Å². The topological polar surface area (TPSA) is 72.5 Å². The van der Waals surface area contributed by atoms with Gasteiger partial charge in [-0.25, -0.2) is 4.98 Å². The van der Waals surface area contributed by atoms with Crippen molar-refractivity contribution in [1.82, 2.24) is 4.98 Å². The van der Waals surface area contributed by atoms with Crippen molar-refractivity contribution in [2.45, 2.75) is 20.3 Å². The van der Waals surface area contributed by atoms with Crippen LogP contribution in [0.5, 0.6) is 11.5 Å². The molecule has 2 aromatic carbocycles.